The highest BCUT2D eigenvalue weighted by atomic mass is 16.5. The lowest BCUT2D eigenvalue weighted by Crippen LogP contribution is -2.51. The number of nitrogens with zero attached hydrogens (tertiary/aromatic N) is 1. The van der Waals surface area contributed by atoms with Crippen molar-refractivity contribution in [1.82, 2.24) is 10.2 Å². The molecule has 0 aromatic heterocycles. The van der Waals surface area contributed by atoms with Crippen LogP contribution in [0.5, 0.6) is 11.5 Å². The standard InChI is InChI=1S/C17H24N2O3/c1-2-14(19-8-6-18-7-9-19)17(20)13-4-5-15-16(12-13)22-11-3-10-21-15/h4-5,12,14,18H,2-3,6-11H2,1H3. The number of hydrogen-bond donors (Lipinski definition) is 1. The summed E-state index contributed by atoms with van der Waals surface area (Å²) in [5.41, 5.74) is 0.717. The number of ketones is 1. The molecule has 3 rings (SSSR count). The molecule has 1 saturated heterocycles. The first-order chi connectivity index (χ1) is 10.8. The molecule has 2 heterocycles. The Balaban J connectivity index is 1.79. The summed E-state index contributed by atoms with van der Waals surface area (Å²) in [7, 11) is 0. The Morgan fingerprint density at radius 3 is 2.68 bits per heavy atom. The molecule has 0 saturated carbocycles. The number of ether oxygens (including phenoxy) is 2. The topological polar surface area (TPSA) is 50.8 Å². The van der Waals surface area contributed by atoms with Gasteiger partial charge in [0.2, 0.25) is 0 Å². The molecule has 1 atom stereocenters. The highest BCUT2D eigenvalue weighted by Gasteiger charge is 2.27. The quantitative estimate of drug-likeness (QED) is 0.858. The van der Waals surface area contributed by atoms with Crippen molar-refractivity contribution in [2.45, 2.75) is 25.8 Å². The molecule has 5 heteroatoms. The predicted molar refractivity (Wildman–Crippen MR) is 84.9 cm³/mol. The van der Waals surface area contributed by atoms with Gasteiger partial charge in [-0.2, -0.15) is 0 Å². The summed E-state index contributed by atoms with van der Waals surface area (Å²) in [6, 6.07) is 5.51. The van der Waals surface area contributed by atoms with Gasteiger partial charge in [-0.25, -0.2) is 0 Å². The van der Waals surface area contributed by atoms with Gasteiger partial charge in [0, 0.05) is 38.2 Å². The van der Waals surface area contributed by atoms with E-state index in [0.29, 0.717) is 19.0 Å². The molecule has 1 aromatic carbocycles. The number of benzene rings is 1. The third-order valence-corrected chi connectivity index (χ3v) is 4.31. The van der Waals surface area contributed by atoms with Crippen LogP contribution in [0.15, 0.2) is 18.2 Å². The first kappa shape index (κ1) is 15.3. The van der Waals surface area contributed by atoms with Crippen LogP contribution in [-0.4, -0.2) is 56.1 Å². The normalized spacial score (nSPS) is 20.2. The van der Waals surface area contributed by atoms with Crippen LogP contribution in [0.2, 0.25) is 0 Å². The number of carbonyl (C=O) groups excluding carboxylic acids is 1. The van der Waals surface area contributed by atoms with E-state index < -0.39 is 0 Å². The Kier molecular flexibility index (Phi) is 4.95. The minimum absolute atomic E-state index is 0.0492. The van der Waals surface area contributed by atoms with E-state index in [9.17, 15) is 4.79 Å². The molecular formula is C17H24N2O3. The summed E-state index contributed by atoms with van der Waals surface area (Å²) < 4.78 is 11.3. The van der Waals surface area contributed by atoms with Crippen molar-refractivity contribution in [3.05, 3.63) is 23.8 Å². The van der Waals surface area contributed by atoms with E-state index in [1.54, 1.807) is 0 Å². The molecule has 0 amide bonds. The van der Waals surface area contributed by atoms with Crippen molar-refractivity contribution in [1.29, 1.82) is 0 Å². The second-order valence-electron chi connectivity index (χ2n) is 5.79. The fraction of sp³-hybridized carbons (Fsp3) is 0.588. The molecule has 0 aliphatic carbocycles. The first-order valence-electron chi connectivity index (χ1n) is 8.18. The van der Waals surface area contributed by atoms with Crippen LogP contribution < -0.4 is 14.8 Å². The van der Waals surface area contributed by atoms with E-state index in [1.165, 1.54) is 0 Å². The van der Waals surface area contributed by atoms with E-state index in [2.05, 4.69) is 17.1 Å². The van der Waals surface area contributed by atoms with Gasteiger partial charge in [0.05, 0.1) is 19.3 Å². The summed E-state index contributed by atoms with van der Waals surface area (Å²) in [5.74, 6) is 1.61. The highest BCUT2D eigenvalue weighted by molar-refractivity contribution is 6.00. The zero-order valence-electron chi connectivity index (χ0n) is 13.1. The molecule has 22 heavy (non-hydrogen) atoms. The van der Waals surface area contributed by atoms with Crippen LogP contribution >= 0.6 is 0 Å². The van der Waals surface area contributed by atoms with Crippen molar-refractivity contribution < 1.29 is 14.3 Å². The van der Waals surface area contributed by atoms with E-state index in [0.717, 1.165) is 50.3 Å². The number of Topliss-reactive ketones (excluding diaryl/α,β-unsaturated/α-hetero) is 1. The highest BCUT2D eigenvalue weighted by Crippen LogP contribution is 2.31. The number of piperazine rings is 1. The largest absolute Gasteiger partial charge is 0.490 e. The average molecular weight is 304 g/mol. The van der Waals surface area contributed by atoms with Gasteiger partial charge in [-0.1, -0.05) is 6.92 Å². The van der Waals surface area contributed by atoms with Gasteiger partial charge >= 0.3 is 0 Å². The molecule has 0 spiro atoms. The molecule has 5 nitrogen and oxygen atoms in total. The lowest BCUT2D eigenvalue weighted by Gasteiger charge is -2.33. The van der Waals surface area contributed by atoms with Crippen molar-refractivity contribution in [3.63, 3.8) is 0 Å². The lowest BCUT2D eigenvalue weighted by atomic mass is 9.99. The maximum absolute atomic E-state index is 12.9. The van der Waals surface area contributed by atoms with Crippen LogP contribution in [0.25, 0.3) is 0 Å². The molecule has 120 valence electrons. The third kappa shape index (κ3) is 3.25. The van der Waals surface area contributed by atoms with Gasteiger partial charge in [0.1, 0.15) is 0 Å². The number of nitrogens with one attached hydrogen (secondary N) is 1. The van der Waals surface area contributed by atoms with Crippen LogP contribution in [-0.2, 0) is 0 Å². The second kappa shape index (κ2) is 7.11. The third-order valence-electron chi connectivity index (χ3n) is 4.31. The molecule has 1 N–H and O–H groups in total. The number of hydrogen-bond acceptors (Lipinski definition) is 5. The van der Waals surface area contributed by atoms with E-state index in [4.69, 9.17) is 9.47 Å². The van der Waals surface area contributed by atoms with Gasteiger partial charge in [0.15, 0.2) is 17.3 Å². The number of rotatable bonds is 4. The Morgan fingerprint density at radius 2 is 1.95 bits per heavy atom. The molecule has 2 aliphatic heterocycles. The molecule has 1 unspecified atom stereocenters. The lowest BCUT2D eigenvalue weighted by molar-refractivity contribution is 0.0789. The number of carbonyl (C=O) groups is 1. The maximum Gasteiger partial charge on any atom is 0.180 e. The van der Waals surface area contributed by atoms with Gasteiger partial charge in [-0.05, 0) is 24.6 Å². The zero-order valence-corrected chi connectivity index (χ0v) is 13.1. The smallest absolute Gasteiger partial charge is 0.180 e. The van der Waals surface area contributed by atoms with Gasteiger partial charge in [0.25, 0.3) is 0 Å². The van der Waals surface area contributed by atoms with Gasteiger partial charge in [-0.15, -0.1) is 0 Å². The molecule has 1 aromatic rings. The summed E-state index contributed by atoms with van der Waals surface area (Å²) in [6.07, 6.45) is 1.70. The average Bonchev–Trinajstić information content (AvgIpc) is 2.81. The second-order valence-corrected chi connectivity index (χ2v) is 5.79. The minimum atomic E-state index is -0.0492. The van der Waals surface area contributed by atoms with Crippen LogP contribution in [0.4, 0.5) is 0 Å². The van der Waals surface area contributed by atoms with Crippen LogP contribution in [0.1, 0.15) is 30.1 Å². The molecule has 0 radical (unpaired) electrons. The Hall–Kier alpha value is -1.59. The van der Waals surface area contributed by atoms with Crippen molar-refractivity contribution in [3.8, 4) is 11.5 Å². The van der Waals surface area contributed by atoms with Crippen molar-refractivity contribution >= 4 is 5.78 Å². The SMILES string of the molecule is CCC(C(=O)c1ccc2c(c1)OCCCO2)N1CCNCC1. The van der Waals surface area contributed by atoms with E-state index in [1.807, 2.05) is 18.2 Å². The monoisotopic (exact) mass is 304 g/mol. The first-order valence-corrected chi connectivity index (χ1v) is 8.18. The zero-order chi connectivity index (χ0) is 15.4. The molecule has 0 bridgehead atoms. The molecule has 2 aliphatic rings. The Labute approximate surface area is 131 Å². The predicted octanol–water partition coefficient (Wildman–Crippen LogP) is 1.71. The van der Waals surface area contributed by atoms with E-state index >= 15 is 0 Å². The van der Waals surface area contributed by atoms with Crippen LogP contribution in [0.3, 0.4) is 0 Å². The maximum atomic E-state index is 12.9. The Bertz CT molecular complexity index is 527. The van der Waals surface area contributed by atoms with Crippen LogP contribution in [0, 0.1) is 0 Å². The van der Waals surface area contributed by atoms with E-state index in [-0.39, 0.29) is 11.8 Å². The fourth-order valence-corrected chi connectivity index (χ4v) is 3.11. The summed E-state index contributed by atoms with van der Waals surface area (Å²) in [4.78, 5) is 15.2. The molecule has 1 fully saturated rings. The molecular weight excluding hydrogens is 280 g/mol. The van der Waals surface area contributed by atoms with Crippen molar-refractivity contribution in [2.75, 3.05) is 39.4 Å². The minimum Gasteiger partial charge on any atom is -0.490 e. The van der Waals surface area contributed by atoms with Crippen molar-refractivity contribution in [2.24, 2.45) is 0 Å². The fourth-order valence-electron chi connectivity index (χ4n) is 3.11. The summed E-state index contributed by atoms with van der Waals surface area (Å²) in [5, 5.41) is 3.33. The number of fused-ring (bicyclic) bond motifs is 1. The van der Waals surface area contributed by atoms with Gasteiger partial charge < -0.3 is 14.8 Å². The summed E-state index contributed by atoms with van der Waals surface area (Å²) in [6.45, 7) is 7.13. The Morgan fingerprint density at radius 1 is 1.23 bits per heavy atom. The van der Waals surface area contributed by atoms with Gasteiger partial charge in [-0.3, -0.25) is 9.69 Å². The summed E-state index contributed by atoms with van der Waals surface area (Å²) >= 11 is 0.